The third-order valence-electron chi connectivity index (χ3n) is 11.3. The minimum atomic E-state index is 0.186. The van der Waals surface area contributed by atoms with Crippen LogP contribution in [0.25, 0.3) is 67.7 Å². The molecule has 59 heavy (non-hydrogen) atoms. The van der Waals surface area contributed by atoms with Crippen molar-refractivity contribution in [3.63, 3.8) is 0 Å². The molecule has 0 atom stereocenters. The van der Waals surface area contributed by atoms with Gasteiger partial charge in [0, 0.05) is 17.3 Å². The fraction of sp³-hybridized carbons (Fsp3) is 0.226. The monoisotopic (exact) mass is 775 g/mol. The molecule has 2 aromatic heterocycles. The summed E-state index contributed by atoms with van der Waals surface area (Å²) in [5.74, 6) is 2.58. The maximum absolute atomic E-state index is 11.3. The summed E-state index contributed by atoms with van der Waals surface area (Å²) in [4.78, 5) is 10.2. The molecule has 8 rings (SSSR count). The number of hydrogen-bond donors (Lipinski definition) is 1. The molecule has 0 amide bonds. The lowest BCUT2D eigenvalue weighted by molar-refractivity contribution is 0.477. The summed E-state index contributed by atoms with van der Waals surface area (Å²) >= 11 is 0. The van der Waals surface area contributed by atoms with E-state index in [2.05, 4.69) is 175 Å². The Balaban J connectivity index is 1.30. The lowest BCUT2D eigenvalue weighted by atomic mass is 9.88. The highest BCUT2D eigenvalue weighted by molar-refractivity contribution is 5.77. The van der Waals surface area contributed by atoms with Crippen LogP contribution in [0, 0.1) is 0 Å². The Labute approximate surface area is 348 Å². The van der Waals surface area contributed by atoms with Gasteiger partial charge in [0.2, 0.25) is 0 Å². The number of nitrogens with zero attached hydrogens (tertiary/aromatic N) is 5. The smallest absolute Gasteiger partial charge is 0.163 e. The normalized spacial score (nSPS) is 11.7. The first kappa shape index (κ1) is 39.3. The molecule has 6 aromatic carbocycles. The zero-order chi connectivity index (χ0) is 41.4. The summed E-state index contributed by atoms with van der Waals surface area (Å²) in [7, 11) is 0. The zero-order valence-electron chi connectivity index (χ0n) is 35.3. The molecule has 6 heteroatoms. The molecule has 296 valence electrons. The summed E-state index contributed by atoms with van der Waals surface area (Å²) in [6.45, 7) is 18.0. The van der Waals surface area contributed by atoms with Gasteiger partial charge in [0.05, 0.1) is 22.6 Å². The SMILES string of the molecule is CC(C)c1cc(-c2ccccc2)cc(C(C)C)c1-n1cc(-c2cccc(-c3ncnn3-c3c(C(C)C)cc(-c4ccccc4)cc3C(C)C)c2)nc1-c1ccccc1O. The molecule has 0 spiro atoms. The van der Waals surface area contributed by atoms with Crippen LogP contribution < -0.4 is 0 Å². The van der Waals surface area contributed by atoms with Crippen LogP contribution >= 0.6 is 0 Å². The Bertz CT molecular complexity index is 2680. The number of rotatable bonds is 11. The number of aromatic hydroxyl groups is 1. The van der Waals surface area contributed by atoms with Crippen LogP contribution in [-0.4, -0.2) is 29.4 Å². The molecule has 0 bridgehead atoms. The van der Waals surface area contributed by atoms with Crippen molar-refractivity contribution in [2.45, 2.75) is 79.1 Å². The summed E-state index contributed by atoms with van der Waals surface area (Å²) in [5.41, 5.74) is 15.2. The molecule has 0 aliphatic carbocycles. The van der Waals surface area contributed by atoms with E-state index >= 15 is 0 Å². The zero-order valence-corrected chi connectivity index (χ0v) is 35.3. The minimum absolute atomic E-state index is 0.186. The molecule has 0 saturated carbocycles. The van der Waals surface area contributed by atoms with E-state index in [1.165, 1.54) is 44.5 Å². The molecule has 0 radical (unpaired) electrons. The Morgan fingerprint density at radius 3 is 1.46 bits per heavy atom. The van der Waals surface area contributed by atoms with Crippen molar-refractivity contribution in [1.82, 2.24) is 24.3 Å². The number of para-hydroxylation sites is 1. The number of phenolic OH excluding ortho intramolecular Hbond substituents is 1. The first-order valence-corrected chi connectivity index (χ1v) is 20.9. The fourth-order valence-corrected chi connectivity index (χ4v) is 8.20. The third kappa shape index (κ3) is 7.63. The van der Waals surface area contributed by atoms with Crippen molar-refractivity contribution in [1.29, 1.82) is 0 Å². The maximum Gasteiger partial charge on any atom is 0.163 e. The molecule has 0 aliphatic rings. The number of aromatic nitrogens is 5. The molecule has 8 aromatic rings. The summed E-state index contributed by atoms with van der Waals surface area (Å²) in [6, 6.07) is 46.4. The second kappa shape index (κ2) is 16.4. The van der Waals surface area contributed by atoms with Crippen LogP contribution in [0.5, 0.6) is 5.75 Å². The highest BCUT2D eigenvalue weighted by Gasteiger charge is 2.25. The Hall–Kier alpha value is -6.53. The predicted octanol–water partition coefficient (Wildman–Crippen LogP) is 14.0. The lowest BCUT2D eigenvalue weighted by Gasteiger charge is -2.24. The van der Waals surface area contributed by atoms with Crippen molar-refractivity contribution in [3.05, 3.63) is 168 Å². The fourth-order valence-electron chi connectivity index (χ4n) is 8.20. The van der Waals surface area contributed by atoms with E-state index in [1.807, 2.05) is 22.9 Å². The van der Waals surface area contributed by atoms with E-state index in [-0.39, 0.29) is 29.4 Å². The molecule has 0 aliphatic heterocycles. The number of hydrogen-bond acceptors (Lipinski definition) is 4. The topological polar surface area (TPSA) is 68.8 Å². The average Bonchev–Trinajstić information content (AvgIpc) is 3.92. The highest BCUT2D eigenvalue weighted by atomic mass is 16.3. The Morgan fingerprint density at radius 1 is 0.458 bits per heavy atom. The van der Waals surface area contributed by atoms with Gasteiger partial charge in [-0.3, -0.25) is 4.57 Å². The van der Waals surface area contributed by atoms with E-state index in [9.17, 15) is 5.11 Å². The van der Waals surface area contributed by atoms with Crippen molar-refractivity contribution in [2.75, 3.05) is 0 Å². The van der Waals surface area contributed by atoms with Gasteiger partial charge in [-0.25, -0.2) is 14.6 Å². The van der Waals surface area contributed by atoms with Crippen LogP contribution in [0.15, 0.2) is 146 Å². The highest BCUT2D eigenvalue weighted by Crippen LogP contribution is 2.42. The second-order valence-corrected chi connectivity index (χ2v) is 16.8. The van der Waals surface area contributed by atoms with E-state index in [0.717, 1.165) is 34.0 Å². The van der Waals surface area contributed by atoms with Gasteiger partial charge >= 0.3 is 0 Å². The summed E-state index contributed by atoms with van der Waals surface area (Å²) in [6.07, 6.45) is 3.79. The largest absolute Gasteiger partial charge is 0.507 e. The van der Waals surface area contributed by atoms with E-state index in [1.54, 1.807) is 12.4 Å². The van der Waals surface area contributed by atoms with Crippen LogP contribution in [0.4, 0.5) is 0 Å². The van der Waals surface area contributed by atoms with Gasteiger partial charge in [-0.1, -0.05) is 146 Å². The molecule has 0 fully saturated rings. The van der Waals surface area contributed by atoms with Gasteiger partial charge in [-0.2, -0.15) is 5.10 Å². The molecule has 0 unspecified atom stereocenters. The minimum Gasteiger partial charge on any atom is -0.507 e. The van der Waals surface area contributed by atoms with Crippen molar-refractivity contribution < 1.29 is 5.11 Å². The van der Waals surface area contributed by atoms with Crippen molar-refractivity contribution in [2.24, 2.45) is 0 Å². The summed E-state index contributed by atoms with van der Waals surface area (Å²) < 4.78 is 4.24. The first-order chi connectivity index (χ1) is 28.5. The number of benzene rings is 6. The first-order valence-electron chi connectivity index (χ1n) is 20.9. The Morgan fingerprint density at radius 2 is 0.932 bits per heavy atom. The molecular weight excluding hydrogens is 723 g/mol. The second-order valence-electron chi connectivity index (χ2n) is 16.8. The van der Waals surface area contributed by atoms with Crippen molar-refractivity contribution >= 4 is 0 Å². The van der Waals surface area contributed by atoms with Crippen LogP contribution in [0.1, 0.15) is 101 Å². The lowest BCUT2D eigenvalue weighted by Crippen LogP contribution is -2.10. The molecule has 6 nitrogen and oxygen atoms in total. The van der Waals surface area contributed by atoms with Gasteiger partial charge in [0.15, 0.2) is 5.82 Å². The molecule has 0 saturated heterocycles. The molecule has 1 N–H and O–H groups in total. The Kier molecular flexibility index (Phi) is 10.9. The van der Waals surface area contributed by atoms with E-state index in [0.29, 0.717) is 11.4 Å². The molecule has 2 heterocycles. The predicted molar refractivity (Wildman–Crippen MR) is 244 cm³/mol. The average molecular weight is 776 g/mol. The van der Waals surface area contributed by atoms with Gasteiger partial charge < -0.3 is 5.11 Å². The van der Waals surface area contributed by atoms with Gasteiger partial charge in [-0.05, 0) is 111 Å². The van der Waals surface area contributed by atoms with Gasteiger partial charge in [0.1, 0.15) is 17.9 Å². The van der Waals surface area contributed by atoms with E-state index in [4.69, 9.17) is 15.1 Å². The van der Waals surface area contributed by atoms with Crippen LogP contribution in [0.2, 0.25) is 0 Å². The molecular formula is C53H53N5O. The van der Waals surface area contributed by atoms with Crippen LogP contribution in [0.3, 0.4) is 0 Å². The number of phenols is 1. The third-order valence-corrected chi connectivity index (χ3v) is 11.3. The van der Waals surface area contributed by atoms with E-state index < -0.39 is 0 Å². The quantitative estimate of drug-likeness (QED) is 0.142. The summed E-state index contributed by atoms with van der Waals surface area (Å²) in [5, 5.41) is 16.2. The number of imidazole rings is 1. The standard InChI is InChI=1S/C53H53N5O/c1-33(2)44-27-41(37-18-11-9-12-19-37)28-45(34(3)4)50(44)57-31-48(56-53(57)43-24-15-16-25-49(43)59)39-22-17-23-40(26-39)52-54-32-55-58(52)51-46(35(5)6)29-42(30-47(51)36(7)8)38-20-13-10-14-21-38/h9-36,59H,1-8H3. The van der Waals surface area contributed by atoms with Gasteiger partial charge in [0.25, 0.3) is 0 Å². The van der Waals surface area contributed by atoms with Crippen LogP contribution in [-0.2, 0) is 0 Å². The van der Waals surface area contributed by atoms with Crippen molar-refractivity contribution in [3.8, 4) is 73.4 Å². The maximum atomic E-state index is 11.3. The van der Waals surface area contributed by atoms with Gasteiger partial charge in [-0.15, -0.1) is 0 Å².